The maximum Gasteiger partial charge on any atom is 0.258 e. The Morgan fingerprint density at radius 1 is 1.00 bits per heavy atom. The van der Waals surface area contributed by atoms with E-state index in [1.165, 1.54) is 10.0 Å². The lowest BCUT2D eigenvalue weighted by atomic mass is 9.89. The highest BCUT2D eigenvalue weighted by Gasteiger charge is 2.48. The molecular weight excluding hydrogens is 364 g/mol. The third kappa shape index (κ3) is 3.11. The van der Waals surface area contributed by atoms with Crippen LogP contribution in [0.5, 0.6) is 0 Å². The van der Waals surface area contributed by atoms with Gasteiger partial charge in [-0.15, -0.1) is 0 Å². The Bertz CT molecular complexity index is 860. The number of amides is 2. The molecule has 2 fully saturated rings. The summed E-state index contributed by atoms with van der Waals surface area (Å²) in [5.41, 5.74) is 3.62. The molecule has 0 aliphatic carbocycles. The minimum absolute atomic E-state index is 0.213. The second-order valence-corrected chi connectivity index (χ2v) is 7.13. The first-order chi connectivity index (χ1) is 13.1. The van der Waals surface area contributed by atoms with Crippen LogP contribution in [0.15, 0.2) is 42.5 Å². The Hall–Kier alpha value is -2.37. The second-order valence-electron chi connectivity index (χ2n) is 6.72. The number of carbonyl (C=O) groups is 2. The number of hydrogen-bond donors (Lipinski definition) is 0. The van der Waals surface area contributed by atoms with E-state index in [0.29, 0.717) is 43.3 Å². The number of aryl methyl sites for hydroxylation is 1. The van der Waals surface area contributed by atoms with Gasteiger partial charge in [0.1, 0.15) is 5.92 Å². The second kappa shape index (κ2) is 7.33. The van der Waals surface area contributed by atoms with E-state index in [4.69, 9.17) is 16.3 Å². The smallest absolute Gasteiger partial charge is 0.258 e. The molecule has 0 saturated carbocycles. The molecule has 0 aromatic heterocycles. The number of nitrogens with zero attached hydrogens (tertiary/aromatic N) is 2. The molecule has 0 radical (unpaired) electrons. The fraction of sp³-hybridized carbons (Fsp3) is 0.333. The molecule has 2 amide bonds. The Morgan fingerprint density at radius 2 is 1.63 bits per heavy atom. The molecular formula is C21H21ClN2O3. The molecule has 2 aliphatic rings. The maximum atomic E-state index is 13.0. The third-order valence-corrected chi connectivity index (χ3v) is 5.49. The van der Waals surface area contributed by atoms with Gasteiger partial charge in [-0.1, -0.05) is 54.9 Å². The molecule has 0 spiro atoms. The zero-order chi connectivity index (χ0) is 19.0. The van der Waals surface area contributed by atoms with E-state index in [-0.39, 0.29) is 11.8 Å². The molecule has 2 aromatic carbocycles. The molecule has 2 aromatic rings. The minimum atomic E-state index is -0.865. The monoisotopic (exact) mass is 384 g/mol. The lowest BCUT2D eigenvalue weighted by Gasteiger charge is -2.23. The van der Waals surface area contributed by atoms with E-state index in [2.05, 4.69) is 0 Å². The number of rotatable bonds is 3. The van der Waals surface area contributed by atoms with Crippen molar-refractivity contribution in [2.45, 2.75) is 19.3 Å². The fourth-order valence-corrected chi connectivity index (χ4v) is 4.19. The van der Waals surface area contributed by atoms with Crippen molar-refractivity contribution in [3.63, 3.8) is 0 Å². The lowest BCUT2D eigenvalue weighted by molar-refractivity contribution is -0.145. The summed E-state index contributed by atoms with van der Waals surface area (Å²) in [6.45, 7) is 3.66. The number of halogens is 1. The van der Waals surface area contributed by atoms with Gasteiger partial charge in [-0.05, 0) is 34.7 Å². The van der Waals surface area contributed by atoms with Crippen molar-refractivity contribution in [2.24, 2.45) is 0 Å². The molecule has 0 N–H and O–H groups in total. The third-order valence-electron chi connectivity index (χ3n) is 5.18. The topological polar surface area (TPSA) is 49.9 Å². The quantitative estimate of drug-likeness (QED) is 0.763. The highest BCUT2D eigenvalue weighted by Crippen LogP contribution is 2.38. The molecule has 4 rings (SSSR count). The average Bonchev–Trinajstić information content (AvgIpc) is 2.87. The summed E-state index contributed by atoms with van der Waals surface area (Å²) in [6.07, 6.45) is 0.690. The van der Waals surface area contributed by atoms with Gasteiger partial charge in [0.15, 0.2) is 0 Å². The summed E-state index contributed by atoms with van der Waals surface area (Å²) in [5, 5.41) is 3.50. The predicted molar refractivity (Wildman–Crippen MR) is 103 cm³/mol. The average molecular weight is 385 g/mol. The first-order valence-corrected chi connectivity index (χ1v) is 9.57. The summed E-state index contributed by atoms with van der Waals surface area (Å²) < 4.78 is 5.39. The largest absolute Gasteiger partial charge is 0.378 e. The van der Waals surface area contributed by atoms with Gasteiger partial charge in [-0.2, -0.15) is 0 Å². The van der Waals surface area contributed by atoms with Gasteiger partial charge >= 0.3 is 0 Å². The van der Waals surface area contributed by atoms with Gasteiger partial charge < -0.3 is 4.74 Å². The Balaban J connectivity index is 1.77. The van der Waals surface area contributed by atoms with Gasteiger partial charge in [0.2, 0.25) is 0 Å². The standard InChI is InChI=1S/C21H21ClN2O3/c1-2-14-12-16(15-6-4-3-5-7-15)13-17(22)18(14)19-20(25)23-8-10-27-11-9-24(23)21(19)26/h3-7,12-13,19H,2,8-11H2,1H3. The van der Waals surface area contributed by atoms with Gasteiger partial charge in [-0.25, -0.2) is 10.0 Å². The normalized spacial score (nSPS) is 18.0. The van der Waals surface area contributed by atoms with Crippen molar-refractivity contribution >= 4 is 23.4 Å². The molecule has 2 saturated heterocycles. The van der Waals surface area contributed by atoms with E-state index < -0.39 is 5.92 Å². The van der Waals surface area contributed by atoms with Crippen LogP contribution in [-0.4, -0.2) is 48.1 Å². The SMILES string of the molecule is CCc1cc(-c2ccccc2)cc(Cl)c1C1C(=O)N2CCOCCN2C1=O. The number of carbonyl (C=O) groups excluding carboxylic acids is 2. The van der Waals surface area contributed by atoms with Crippen LogP contribution in [0, 0.1) is 0 Å². The van der Waals surface area contributed by atoms with Gasteiger partial charge in [-0.3, -0.25) is 9.59 Å². The fourth-order valence-electron chi connectivity index (χ4n) is 3.84. The number of ether oxygens (including phenoxy) is 1. The van der Waals surface area contributed by atoms with Crippen LogP contribution in [0.25, 0.3) is 11.1 Å². The minimum Gasteiger partial charge on any atom is -0.378 e. The number of hydrazine groups is 1. The van der Waals surface area contributed by atoms with Crippen LogP contribution >= 0.6 is 11.6 Å². The van der Waals surface area contributed by atoms with Gasteiger partial charge in [0.05, 0.1) is 26.3 Å². The van der Waals surface area contributed by atoms with Crippen LogP contribution in [0.4, 0.5) is 0 Å². The van der Waals surface area contributed by atoms with Crippen molar-refractivity contribution in [1.82, 2.24) is 10.0 Å². The van der Waals surface area contributed by atoms with Crippen LogP contribution in [0.1, 0.15) is 24.0 Å². The van der Waals surface area contributed by atoms with Gasteiger partial charge in [0, 0.05) is 5.02 Å². The van der Waals surface area contributed by atoms with Crippen LogP contribution < -0.4 is 0 Å². The molecule has 0 bridgehead atoms. The van der Waals surface area contributed by atoms with Crippen LogP contribution in [0.2, 0.25) is 5.02 Å². The van der Waals surface area contributed by atoms with Crippen LogP contribution in [-0.2, 0) is 20.7 Å². The summed E-state index contributed by atoms with van der Waals surface area (Å²) in [6, 6.07) is 13.9. The first-order valence-electron chi connectivity index (χ1n) is 9.20. The number of benzene rings is 2. The molecule has 140 valence electrons. The zero-order valence-corrected chi connectivity index (χ0v) is 15.9. The van der Waals surface area contributed by atoms with Crippen LogP contribution in [0.3, 0.4) is 0 Å². The molecule has 27 heavy (non-hydrogen) atoms. The molecule has 2 aliphatic heterocycles. The van der Waals surface area contributed by atoms with Crippen molar-refractivity contribution in [1.29, 1.82) is 0 Å². The molecule has 5 nitrogen and oxygen atoms in total. The van der Waals surface area contributed by atoms with Gasteiger partial charge in [0.25, 0.3) is 11.8 Å². The Labute approximate surface area is 163 Å². The van der Waals surface area contributed by atoms with E-state index in [0.717, 1.165) is 16.7 Å². The van der Waals surface area contributed by atoms with E-state index >= 15 is 0 Å². The number of hydrogen-bond acceptors (Lipinski definition) is 3. The van der Waals surface area contributed by atoms with Crippen molar-refractivity contribution in [3.8, 4) is 11.1 Å². The van der Waals surface area contributed by atoms with Crippen molar-refractivity contribution < 1.29 is 14.3 Å². The Morgan fingerprint density at radius 3 is 2.22 bits per heavy atom. The Kier molecular flexibility index (Phi) is 4.89. The molecule has 2 heterocycles. The lowest BCUT2D eigenvalue weighted by Crippen LogP contribution is -2.41. The summed E-state index contributed by atoms with van der Waals surface area (Å²) >= 11 is 6.64. The molecule has 0 atom stereocenters. The van der Waals surface area contributed by atoms with Crippen molar-refractivity contribution in [3.05, 3.63) is 58.6 Å². The summed E-state index contributed by atoms with van der Waals surface area (Å²) in [5.74, 6) is -1.29. The predicted octanol–water partition coefficient (Wildman–Crippen LogP) is 3.27. The summed E-state index contributed by atoms with van der Waals surface area (Å²) in [4.78, 5) is 26.1. The zero-order valence-electron chi connectivity index (χ0n) is 15.2. The van der Waals surface area contributed by atoms with E-state index in [1.54, 1.807) is 0 Å². The highest BCUT2D eigenvalue weighted by atomic mass is 35.5. The first kappa shape index (κ1) is 18.0. The number of fused-ring (bicyclic) bond motifs is 1. The summed E-state index contributed by atoms with van der Waals surface area (Å²) in [7, 11) is 0. The highest BCUT2D eigenvalue weighted by molar-refractivity contribution is 6.33. The molecule has 0 unspecified atom stereocenters. The molecule has 6 heteroatoms. The van der Waals surface area contributed by atoms with E-state index in [9.17, 15) is 9.59 Å². The van der Waals surface area contributed by atoms with E-state index in [1.807, 2.05) is 49.4 Å². The van der Waals surface area contributed by atoms with Crippen molar-refractivity contribution in [2.75, 3.05) is 26.3 Å². The maximum absolute atomic E-state index is 13.0.